The van der Waals surface area contributed by atoms with Crippen LogP contribution in [0.1, 0.15) is 32.1 Å². The minimum atomic E-state index is -0.747. The zero-order chi connectivity index (χ0) is 20.4. The summed E-state index contributed by atoms with van der Waals surface area (Å²) in [6, 6.07) is 2.28. The number of likely N-dealkylation sites (N-methyl/N-ethyl adjacent to an activating group) is 1. The van der Waals surface area contributed by atoms with E-state index >= 15 is 0 Å². The Hall–Kier alpha value is -1.93. The van der Waals surface area contributed by atoms with Gasteiger partial charge in [-0.2, -0.15) is 5.10 Å². The van der Waals surface area contributed by atoms with Crippen LogP contribution in [0, 0.1) is 11.3 Å². The molecule has 3 aliphatic rings. The van der Waals surface area contributed by atoms with E-state index < -0.39 is 5.97 Å². The number of aromatic nitrogens is 2. The molecule has 0 spiro atoms. The number of rotatable bonds is 7. The lowest BCUT2D eigenvalue weighted by Gasteiger charge is -2.47. The van der Waals surface area contributed by atoms with Crippen LogP contribution in [-0.2, 0) is 16.1 Å². The molecule has 1 amide bonds. The smallest absolute Gasteiger partial charge is 0.303 e. The summed E-state index contributed by atoms with van der Waals surface area (Å²) in [7, 11) is 2.15. The van der Waals surface area contributed by atoms with Gasteiger partial charge in [0.2, 0.25) is 5.91 Å². The topological polar surface area (TPSA) is 81.9 Å². The number of carboxylic acids is 1. The Balaban J connectivity index is 1.42. The number of hydrogen-bond acceptors (Lipinski definition) is 5. The summed E-state index contributed by atoms with van der Waals surface area (Å²) in [4.78, 5) is 31.5. The van der Waals surface area contributed by atoms with E-state index in [0.717, 1.165) is 52.0 Å². The highest BCUT2D eigenvalue weighted by atomic mass is 16.4. The predicted molar refractivity (Wildman–Crippen MR) is 108 cm³/mol. The third-order valence-electron chi connectivity index (χ3n) is 7.05. The first kappa shape index (κ1) is 20.3. The van der Waals surface area contributed by atoms with Gasteiger partial charge in [0.05, 0.1) is 12.0 Å². The summed E-state index contributed by atoms with van der Waals surface area (Å²) in [6.45, 7) is 6.28. The summed E-state index contributed by atoms with van der Waals surface area (Å²) in [5.41, 5.74) is -0.302. The molecule has 0 bridgehead atoms. The van der Waals surface area contributed by atoms with Gasteiger partial charge in [-0.25, -0.2) is 0 Å². The average molecular weight is 404 g/mol. The number of piperazine rings is 1. The minimum absolute atomic E-state index is 0.176. The number of amides is 1. The van der Waals surface area contributed by atoms with Crippen LogP contribution in [0.5, 0.6) is 0 Å². The summed E-state index contributed by atoms with van der Waals surface area (Å²) >= 11 is 0. The highest BCUT2D eigenvalue weighted by molar-refractivity contribution is 5.85. The molecule has 0 aromatic carbocycles. The largest absolute Gasteiger partial charge is 0.481 e. The Morgan fingerprint density at radius 3 is 2.55 bits per heavy atom. The molecule has 1 saturated carbocycles. The van der Waals surface area contributed by atoms with Crippen molar-refractivity contribution in [2.75, 3.05) is 46.3 Å². The highest BCUT2D eigenvalue weighted by Crippen LogP contribution is 2.49. The zero-order valence-corrected chi connectivity index (χ0v) is 17.4. The molecule has 2 saturated heterocycles. The van der Waals surface area contributed by atoms with Crippen LogP contribution in [0.3, 0.4) is 0 Å². The second kappa shape index (κ2) is 8.44. The third-order valence-corrected chi connectivity index (χ3v) is 7.05. The molecule has 8 heteroatoms. The highest BCUT2D eigenvalue weighted by Gasteiger charge is 2.53. The quantitative estimate of drug-likeness (QED) is 0.731. The normalized spacial score (nSPS) is 27.7. The lowest BCUT2D eigenvalue weighted by atomic mass is 9.85. The van der Waals surface area contributed by atoms with Gasteiger partial charge >= 0.3 is 5.97 Å². The van der Waals surface area contributed by atoms with E-state index in [1.807, 2.05) is 21.8 Å². The molecule has 3 fully saturated rings. The standard InChI is InChI=1S/C21H33N5O3/c1-23-11-13-24(14-12-23)18-5-10-25(15-17(18)3-4-19(27)28)20(29)21(6-7-21)16-26-9-2-8-22-26/h2,8-9,17-18H,3-7,10-16H2,1H3,(H,27,28)/t17-,18+/m1/s1. The molecule has 0 radical (unpaired) electrons. The van der Waals surface area contributed by atoms with Crippen molar-refractivity contribution >= 4 is 11.9 Å². The van der Waals surface area contributed by atoms with E-state index in [0.29, 0.717) is 25.6 Å². The monoisotopic (exact) mass is 403 g/mol. The fourth-order valence-corrected chi connectivity index (χ4v) is 5.06. The fraction of sp³-hybridized carbons (Fsp3) is 0.762. The molecule has 1 aliphatic carbocycles. The van der Waals surface area contributed by atoms with Crippen LogP contribution in [0.4, 0.5) is 0 Å². The van der Waals surface area contributed by atoms with Crippen molar-refractivity contribution in [1.82, 2.24) is 24.5 Å². The number of piperidine rings is 1. The Morgan fingerprint density at radius 2 is 1.93 bits per heavy atom. The lowest BCUT2D eigenvalue weighted by Crippen LogP contribution is -2.57. The summed E-state index contributed by atoms with van der Waals surface area (Å²) in [6.07, 6.45) is 7.27. The number of nitrogens with zero attached hydrogens (tertiary/aromatic N) is 5. The van der Waals surface area contributed by atoms with Gasteiger partial charge in [-0.3, -0.25) is 19.2 Å². The van der Waals surface area contributed by atoms with E-state index in [2.05, 4.69) is 21.9 Å². The lowest BCUT2D eigenvalue weighted by molar-refractivity contribution is -0.141. The van der Waals surface area contributed by atoms with Crippen LogP contribution >= 0.6 is 0 Å². The number of carbonyl (C=O) groups excluding carboxylic acids is 1. The number of carboxylic acid groups (broad SMARTS) is 1. The van der Waals surface area contributed by atoms with Crippen LogP contribution in [0.15, 0.2) is 18.5 Å². The van der Waals surface area contributed by atoms with Gasteiger partial charge in [0.15, 0.2) is 0 Å². The zero-order valence-electron chi connectivity index (χ0n) is 17.4. The van der Waals surface area contributed by atoms with E-state index in [1.54, 1.807) is 6.20 Å². The summed E-state index contributed by atoms with van der Waals surface area (Å²) in [5.74, 6) is -0.277. The van der Waals surface area contributed by atoms with Crippen molar-refractivity contribution in [2.24, 2.45) is 11.3 Å². The Labute approximate surface area is 172 Å². The molecule has 1 N–H and O–H groups in total. The van der Waals surface area contributed by atoms with Crippen molar-refractivity contribution in [3.05, 3.63) is 18.5 Å². The minimum Gasteiger partial charge on any atom is -0.481 e. The first-order valence-electron chi connectivity index (χ1n) is 10.9. The van der Waals surface area contributed by atoms with Crippen molar-refractivity contribution in [2.45, 2.75) is 44.7 Å². The van der Waals surface area contributed by atoms with E-state index in [9.17, 15) is 14.7 Å². The number of hydrogen-bond donors (Lipinski definition) is 1. The molecule has 8 nitrogen and oxygen atoms in total. The van der Waals surface area contributed by atoms with E-state index in [4.69, 9.17) is 0 Å². The summed E-state index contributed by atoms with van der Waals surface area (Å²) < 4.78 is 1.86. The second-order valence-corrected chi connectivity index (χ2v) is 9.12. The summed E-state index contributed by atoms with van der Waals surface area (Å²) in [5, 5.41) is 13.5. The molecule has 4 rings (SSSR count). The van der Waals surface area contributed by atoms with Crippen LogP contribution in [-0.4, -0.2) is 93.8 Å². The fourth-order valence-electron chi connectivity index (χ4n) is 5.06. The molecule has 29 heavy (non-hydrogen) atoms. The van der Waals surface area contributed by atoms with Crippen molar-refractivity contribution in [1.29, 1.82) is 0 Å². The third kappa shape index (κ3) is 4.64. The molecule has 1 aromatic rings. The Bertz CT molecular complexity index is 710. The molecule has 2 aliphatic heterocycles. The average Bonchev–Trinajstić information content (AvgIpc) is 3.31. The molecular formula is C21H33N5O3. The molecule has 1 aromatic heterocycles. The van der Waals surface area contributed by atoms with Gasteiger partial charge in [0, 0.05) is 64.1 Å². The van der Waals surface area contributed by atoms with E-state index in [1.165, 1.54) is 0 Å². The Morgan fingerprint density at radius 1 is 1.17 bits per heavy atom. The first-order valence-corrected chi connectivity index (χ1v) is 10.9. The van der Waals surface area contributed by atoms with Crippen molar-refractivity contribution < 1.29 is 14.7 Å². The van der Waals surface area contributed by atoms with Gasteiger partial charge in [-0.1, -0.05) is 0 Å². The van der Waals surface area contributed by atoms with Gasteiger partial charge < -0.3 is 14.9 Å². The SMILES string of the molecule is CN1CCN([C@H]2CCN(C(=O)C3(Cn4cccn4)CC3)C[C@H]2CCC(=O)O)CC1. The Kier molecular flexibility index (Phi) is 5.92. The van der Waals surface area contributed by atoms with Gasteiger partial charge in [0.1, 0.15) is 0 Å². The maximum atomic E-state index is 13.4. The molecular weight excluding hydrogens is 370 g/mol. The number of carbonyl (C=O) groups is 2. The van der Waals surface area contributed by atoms with Gasteiger partial charge in [-0.15, -0.1) is 0 Å². The number of likely N-dealkylation sites (tertiary alicyclic amines) is 1. The van der Waals surface area contributed by atoms with Crippen LogP contribution in [0.2, 0.25) is 0 Å². The molecule has 3 heterocycles. The number of aliphatic carboxylic acids is 1. The van der Waals surface area contributed by atoms with Crippen LogP contribution in [0.25, 0.3) is 0 Å². The van der Waals surface area contributed by atoms with Crippen molar-refractivity contribution in [3.63, 3.8) is 0 Å². The second-order valence-electron chi connectivity index (χ2n) is 9.12. The molecule has 2 atom stereocenters. The maximum Gasteiger partial charge on any atom is 0.303 e. The van der Waals surface area contributed by atoms with Gasteiger partial charge in [-0.05, 0) is 44.7 Å². The predicted octanol–water partition coefficient (Wildman–Crippen LogP) is 0.993. The van der Waals surface area contributed by atoms with E-state index in [-0.39, 0.29) is 23.7 Å². The first-order chi connectivity index (χ1) is 14.0. The maximum absolute atomic E-state index is 13.4. The van der Waals surface area contributed by atoms with Crippen molar-refractivity contribution in [3.8, 4) is 0 Å². The molecule has 0 unspecified atom stereocenters. The van der Waals surface area contributed by atoms with Crippen LogP contribution < -0.4 is 0 Å². The van der Waals surface area contributed by atoms with Gasteiger partial charge in [0.25, 0.3) is 0 Å². The molecule has 160 valence electrons.